The average molecular weight is 416 g/mol. The summed E-state index contributed by atoms with van der Waals surface area (Å²) >= 11 is 0. The van der Waals surface area contributed by atoms with Crippen molar-refractivity contribution >= 4 is 11.9 Å². The van der Waals surface area contributed by atoms with Gasteiger partial charge in [0.05, 0.1) is 22.5 Å². The summed E-state index contributed by atoms with van der Waals surface area (Å²) in [6.07, 6.45) is -9.59. The summed E-state index contributed by atoms with van der Waals surface area (Å²) in [7, 11) is 0. The summed E-state index contributed by atoms with van der Waals surface area (Å²) in [4.78, 5) is 25.3. The van der Waals surface area contributed by atoms with Crippen LogP contribution in [0.4, 0.5) is 0 Å². The van der Waals surface area contributed by atoms with Gasteiger partial charge in [-0.2, -0.15) is 0 Å². The topological polar surface area (TPSA) is 72.8 Å². The molecule has 2 aliphatic carbocycles. The van der Waals surface area contributed by atoms with Crippen molar-refractivity contribution in [2.45, 2.75) is 84.4 Å². The SMILES string of the molecule is [2H]O[C@@H]1CC(CC[C@@H]2[C@@H]3C(=C([2H])[C@]([2H])(C)C([2H])([2H])[C@@H]3OC(=O)[C@@]([2H])(C)CC)C([2H])=C([2H])[C@]2([2H])C)OC(=O)C1([2H])[2H]. The number of allylic oxidation sites excluding steroid dienone is 3. The van der Waals surface area contributed by atoms with Crippen LogP contribution in [0.5, 0.6) is 0 Å². The molecule has 3 rings (SSSR count). The van der Waals surface area contributed by atoms with Gasteiger partial charge in [0, 0.05) is 21.9 Å². The lowest BCUT2D eigenvalue weighted by Crippen LogP contribution is -2.42. The highest BCUT2D eigenvalue weighted by molar-refractivity contribution is 5.72. The van der Waals surface area contributed by atoms with Crippen molar-refractivity contribution in [2.24, 2.45) is 29.5 Å². The van der Waals surface area contributed by atoms with E-state index in [0.717, 1.165) is 6.92 Å². The van der Waals surface area contributed by atoms with Crippen LogP contribution in [-0.4, -0.2) is 36.8 Å². The van der Waals surface area contributed by atoms with Gasteiger partial charge in [-0.1, -0.05) is 45.9 Å². The van der Waals surface area contributed by atoms with Gasteiger partial charge in [-0.05, 0) is 48.9 Å². The van der Waals surface area contributed by atoms with E-state index >= 15 is 0 Å². The number of carbonyl (C=O) groups excluding carboxylic acids is 2. The summed E-state index contributed by atoms with van der Waals surface area (Å²) in [5.74, 6) is -10.6. The zero-order valence-electron chi connectivity index (χ0n) is 28.3. The van der Waals surface area contributed by atoms with Crippen LogP contribution in [0.25, 0.3) is 0 Å². The fraction of sp³-hybridized carbons (Fsp3) is 0.750. The van der Waals surface area contributed by atoms with Gasteiger partial charge in [-0.3, -0.25) is 9.59 Å². The largest absolute Gasteiger partial charge is 0.462 e. The van der Waals surface area contributed by atoms with Gasteiger partial charge in [-0.15, -0.1) is 0 Å². The second-order valence-electron chi connectivity index (χ2n) is 7.81. The number of esters is 2. The van der Waals surface area contributed by atoms with Crippen LogP contribution in [0, 0.1) is 29.5 Å². The van der Waals surface area contributed by atoms with E-state index in [1.807, 2.05) is 0 Å². The van der Waals surface area contributed by atoms with E-state index < -0.39 is 90.7 Å². The molecule has 0 aromatic carbocycles. The fourth-order valence-electron chi connectivity index (χ4n) is 3.89. The molecule has 1 aliphatic heterocycles. The Balaban J connectivity index is 2.11. The van der Waals surface area contributed by atoms with Crippen molar-refractivity contribution < 1.29 is 37.9 Å². The van der Waals surface area contributed by atoms with Crippen molar-refractivity contribution in [2.75, 3.05) is 0 Å². The molecule has 162 valence electrons. The van der Waals surface area contributed by atoms with Crippen LogP contribution >= 0.6 is 0 Å². The minimum Gasteiger partial charge on any atom is -0.462 e. The summed E-state index contributed by atoms with van der Waals surface area (Å²) < 4.78 is 103. The van der Waals surface area contributed by atoms with Gasteiger partial charge in [0.15, 0.2) is 0 Å². The Bertz CT molecular complexity index is 1110. The molecule has 0 spiro atoms. The molecule has 0 radical (unpaired) electrons. The highest BCUT2D eigenvalue weighted by Gasteiger charge is 2.42. The Morgan fingerprint density at radius 3 is 3.07 bits per heavy atom. The van der Waals surface area contributed by atoms with E-state index in [4.69, 9.17) is 24.6 Å². The van der Waals surface area contributed by atoms with Gasteiger partial charge in [0.2, 0.25) is 1.43 Å². The molecule has 0 bridgehead atoms. The van der Waals surface area contributed by atoms with E-state index in [2.05, 4.69) is 5.11 Å². The maximum atomic E-state index is 13.0. The quantitative estimate of drug-likeness (QED) is 0.631. The number of aliphatic hydroxyl groups excluding tert-OH is 1. The smallest absolute Gasteiger partial charge is 0.308 e. The normalized spacial score (nSPS) is 54.0. The molecule has 0 aromatic rings. The Kier molecular flexibility index (Phi) is 3.81. The molecule has 1 heterocycles. The summed E-state index contributed by atoms with van der Waals surface area (Å²) in [5, 5.41) is 4.42. The van der Waals surface area contributed by atoms with Crippen LogP contribution in [0.15, 0.2) is 23.7 Å². The first kappa shape index (κ1) is 11.7. The number of rotatable bonds is 7. The minimum atomic E-state index is -2.69. The average Bonchev–Trinajstić information content (AvgIpc) is 2.85. The third kappa shape index (κ3) is 5.30. The molecule has 0 saturated carbocycles. The number of hydrogen-bond donors (Lipinski definition) is 1. The second-order valence-corrected chi connectivity index (χ2v) is 7.81. The van der Waals surface area contributed by atoms with Crippen molar-refractivity contribution in [3.05, 3.63) is 23.7 Å². The maximum Gasteiger partial charge on any atom is 0.308 e. The molecule has 3 aliphatic rings. The van der Waals surface area contributed by atoms with Crippen LogP contribution in [0.3, 0.4) is 0 Å². The number of hydrogen-bond acceptors (Lipinski definition) is 5. The van der Waals surface area contributed by atoms with E-state index in [0.29, 0.717) is 0 Å². The van der Waals surface area contributed by atoms with Crippen molar-refractivity contribution in [1.29, 1.82) is 1.43 Å². The lowest BCUT2D eigenvalue weighted by molar-refractivity contribution is -0.162. The molecular formula is C24H36O5. The van der Waals surface area contributed by atoms with Gasteiger partial charge in [0.25, 0.3) is 0 Å². The Hall–Kier alpha value is -1.62. The number of fused-ring (bicyclic) bond motifs is 1. The number of ether oxygens (including phenoxy) is 2. The molecular weight excluding hydrogens is 368 g/mol. The van der Waals surface area contributed by atoms with Gasteiger partial charge in [-0.25, -0.2) is 0 Å². The molecule has 1 N–H and O–H groups in total. The van der Waals surface area contributed by atoms with Crippen LogP contribution in [0.2, 0.25) is 0 Å². The number of aliphatic hydroxyl groups is 1. The van der Waals surface area contributed by atoms with Gasteiger partial charge in [0.1, 0.15) is 12.2 Å². The molecule has 5 nitrogen and oxygen atoms in total. The van der Waals surface area contributed by atoms with Crippen molar-refractivity contribution in [3.63, 3.8) is 0 Å². The monoisotopic (exact) mass is 415 g/mol. The predicted molar refractivity (Wildman–Crippen MR) is 111 cm³/mol. The van der Waals surface area contributed by atoms with Gasteiger partial charge < -0.3 is 14.6 Å². The Morgan fingerprint density at radius 1 is 1.55 bits per heavy atom. The van der Waals surface area contributed by atoms with Crippen molar-refractivity contribution in [1.82, 2.24) is 0 Å². The van der Waals surface area contributed by atoms with E-state index in [1.54, 1.807) is 6.92 Å². The number of carbonyl (C=O) groups is 2. The molecule has 0 amide bonds. The van der Waals surface area contributed by atoms with E-state index in [1.165, 1.54) is 13.8 Å². The van der Waals surface area contributed by atoms with Crippen LogP contribution in [0.1, 0.15) is 79.8 Å². The highest BCUT2D eigenvalue weighted by Crippen LogP contribution is 2.45. The molecule has 1 saturated heterocycles. The summed E-state index contributed by atoms with van der Waals surface area (Å²) in [6.45, 7) is 5.34. The Labute approximate surface area is 190 Å². The van der Waals surface area contributed by atoms with Gasteiger partial charge >= 0.3 is 11.9 Å². The second kappa shape index (κ2) is 9.46. The molecule has 29 heavy (non-hydrogen) atoms. The third-order valence-corrected chi connectivity index (χ3v) is 5.67. The van der Waals surface area contributed by atoms with E-state index in [-0.39, 0.29) is 31.3 Å². The van der Waals surface area contributed by atoms with Crippen LogP contribution < -0.4 is 0 Å². The lowest BCUT2D eigenvalue weighted by Gasteiger charge is -2.43. The first-order valence-electron chi connectivity index (χ1n) is 15.4. The lowest BCUT2D eigenvalue weighted by atomic mass is 9.65. The number of cyclic esters (lactones) is 1. The molecule has 1 fully saturated rings. The third-order valence-electron chi connectivity index (χ3n) is 5.67. The van der Waals surface area contributed by atoms with Crippen molar-refractivity contribution in [3.8, 4) is 0 Å². The molecule has 0 aromatic heterocycles. The zero-order valence-corrected chi connectivity index (χ0v) is 17.3. The molecule has 5 heteroatoms. The predicted octanol–water partition coefficient (Wildman–Crippen LogP) is 4.20. The minimum absolute atomic E-state index is 0.0223. The highest BCUT2D eigenvalue weighted by atomic mass is 16.5. The molecule has 1 unspecified atom stereocenters. The maximum absolute atomic E-state index is 13.0. The zero-order chi connectivity index (χ0) is 30.8. The summed E-state index contributed by atoms with van der Waals surface area (Å²) in [5.41, 5.74) is -0.183. The first-order valence-corrected chi connectivity index (χ1v) is 10.0. The summed E-state index contributed by atoms with van der Waals surface area (Å²) in [6, 6.07) is -1.57. The first-order chi connectivity index (χ1) is 18.1. The standard InChI is InChI=1S/C24H36O5/c1-5-15(3)24(27)29-21-11-14(2)10-17-7-6-16(4)20(23(17)21)9-8-19-12-18(25)13-22(26)28-19/h6-7,10,14-16,18-21,23,25H,5,8-9,11-13H2,1-4H3/t14-,15-,16-,18+,19?,20-,21-,23-/m0/s1/i6D,7D,10D,11D2,13D2,14D,15D,16D,25D. The van der Waals surface area contributed by atoms with E-state index in [9.17, 15) is 9.59 Å². The van der Waals surface area contributed by atoms with Crippen LogP contribution in [-0.2, 0) is 19.1 Å². The fourth-order valence-corrected chi connectivity index (χ4v) is 3.89. The molecule has 8 atom stereocenters. The Morgan fingerprint density at radius 2 is 2.34 bits per heavy atom.